The molecule has 0 aromatic heterocycles. The van der Waals surface area contributed by atoms with E-state index in [1.807, 2.05) is 0 Å². The number of likely N-dealkylation sites (tertiary alicyclic amines) is 1. The van der Waals surface area contributed by atoms with Crippen LogP contribution in [0.25, 0.3) is 6.08 Å². The van der Waals surface area contributed by atoms with E-state index in [2.05, 4.69) is 40.5 Å². The van der Waals surface area contributed by atoms with Crippen LogP contribution >= 0.6 is 0 Å². The second kappa shape index (κ2) is 12.7. The molecule has 2 amide bonds. The van der Waals surface area contributed by atoms with Crippen LogP contribution < -0.4 is 15.0 Å². The minimum Gasteiger partial charge on any atom is -0.449 e. The Hall–Kier alpha value is -3.97. The Bertz CT molecular complexity index is 1320. The summed E-state index contributed by atoms with van der Waals surface area (Å²) >= 11 is 0. The number of nitrogens with zero attached hydrogens (tertiary/aromatic N) is 2. The van der Waals surface area contributed by atoms with E-state index in [1.54, 1.807) is 42.5 Å². The summed E-state index contributed by atoms with van der Waals surface area (Å²) < 4.78 is 20.0. The fraction of sp³-hybridized carbons (Fsp3) is 0.312. The van der Waals surface area contributed by atoms with E-state index in [1.165, 1.54) is 35.4 Å². The van der Waals surface area contributed by atoms with Crippen LogP contribution in [-0.4, -0.2) is 49.4 Å². The molecule has 3 aromatic rings. The molecule has 2 aliphatic heterocycles. The van der Waals surface area contributed by atoms with Gasteiger partial charge in [0.2, 0.25) is 5.91 Å². The fourth-order valence-electron chi connectivity index (χ4n) is 5.24. The van der Waals surface area contributed by atoms with Crippen molar-refractivity contribution < 1.29 is 18.7 Å². The number of ether oxygens (including phenoxy) is 1. The number of nitrogens with one attached hydrogen (secondary N) is 1. The van der Waals surface area contributed by atoms with E-state index in [0.717, 1.165) is 38.4 Å². The summed E-state index contributed by atoms with van der Waals surface area (Å²) in [6.45, 7) is 3.51. The molecule has 0 radical (unpaired) electrons. The Morgan fingerprint density at radius 2 is 1.69 bits per heavy atom. The zero-order valence-corrected chi connectivity index (χ0v) is 22.0. The second-order valence-corrected chi connectivity index (χ2v) is 10.2. The van der Waals surface area contributed by atoms with Gasteiger partial charge in [-0.15, -0.1) is 0 Å². The molecule has 0 saturated carbocycles. The molecule has 1 fully saturated rings. The van der Waals surface area contributed by atoms with Gasteiger partial charge in [0.05, 0.1) is 5.69 Å². The third-order valence-corrected chi connectivity index (χ3v) is 7.37. The van der Waals surface area contributed by atoms with Gasteiger partial charge < -0.3 is 15.0 Å². The van der Waals surface area contributed by atoms with Gasteiger partial charge in [-0.25, -0.2) is 4.39 Å². The lowest BCUT2D eigenvalue weighted by Gasteiger charge is -2.32. The second-order valence-electron chi connectivity index (χ2n) is 10.2. The first-order valence-electron chi connectivity index (χ1n) is 13.6. The number of para-hydroxylation sites is 2. The van der Waals surface area contributed by atoms with Gasteiger partial charge in [0.25, 0.3) is 5.91 Å². The van der Waals surface area contributed by atoms with Crippen LogP contribution in [0.2, 0.25) is 0 Å². The van der Waals surface area contributed by atoms with Gasteiger partial charge >= 0.3 is 0 Å². The molecule has 0 bridgehead atoms. The summed E-state index contributed by atoms with van der Waals surface area (Å²) in [6.07, 6.45) is 5.76. The van der Waals surface area contributed by atoms with Crippen molar-refractivity contribution in [1.82, 2.24) is 10.2 Å². The molecule has 1 N–H and O–H groups in total. The Labute approximate surface area is 229 Å². The van der Waals surface area contributed by atoms with E-state index >= 15 is 0 Å². The number of anilines is 1. The van der Waals surface area contributed by atoms with E-state index < -0.39 is 11.7 Å². The number of rotatable bonds is 9. The lowest BCUT2D eigenvalue weighted by molar-refractivity contribution is -0.123. The predicted octanol–water partition coefficient (Wildman–Crippen LogP) is 5.05. The molecule has 0 atom stereocenters. The number of hydrogen-bond donors (Lipinski definition) is 1. The van der Waals surface area contributed by atoms with Crippen LogP contribution in [0.4, 0.5) is 10.1 Å². The van der Waals surface area contributed by atoms with Crippen molar-refractivity contribution in [2.75, 3.05) is 37.6 Å². The van der Waals surface area contributed by atoms with Crippen molar-refractivity contribution in [2.45, 2.75) is 25.7 Å². The van der Waals surface area contributed by atoms with Crippen molar-refractivity contribution >= 4 is 23.6 Å². The molecule has 0 unspecified atom stereocenters. The number of halogens is 1. The highest BCUT2D eigenvalue weighted by molar-refractivity contribution is 6.12. The molecule has 7 heteroatoms. The number of fused-ring (bicyclic) bond motifs is 1. The highest BCUT2D eigenvalue weighted by Gasteiger charge is 2.31. The van der Waals surface area contributed by atoms with Crippen LogP contribution in [0.5, 0.6) is 5.75 Å². The molecule has 1 saturated heterocycles. The number of benzene rings is 3. The van der Waals surface area contributed by atoms with Gasteiger partial charge in [-0.2, -0.15) is 0 Å². The summed E-state index contributed by atoms with van der Waals surface area (Å²) in [5, 5.41) is 2.96. The summed E-state index contributed by atoms with van der Waals surface area (Å²) in [7, 11) is 0. The maximum Gasteiger partial charge on any atom is 0.294 e. The lowest BCUT2D eigenvalue weighted by Crippen LogP contribution is -2.44. The van der Waals surface area contributed by atoms with Crippen molar-refractivity contribution in [1.29, 1.82) is 0 Å². The maximum atomic E-state index is 14.2. The Morgan fingerprint density at radius 3 is 2.49 bits per heavy atom. The van der Waals surface area contributed by atoms with Crippen molar-refractivity contribution in [3.8, 4) is 5.75 Å². The van der Waals surface area contributed by atoms with Crippen LogP contribution in [-0.2, 0) is 16.0 Å². The largest absolute Gasteiger partial charge is 0.449 e. The molecule has 202 valence electrons. The minimum atomic E-state index is -0.481. The quantitative estimate of drug-likeness (QED) is 0.312. The first-order chi connectivity index (χ1) is 19.1. The smallest absolute Gasteiger partial charge is 0.294 e. The number of carbonyl (C=O) groups is 2. The molecule has 2 heterocycles. The minimum absolute atomic E-state index is 0.0257. The molecule has 0 spiro atoms. The summed E-state index contributed by atoms with van der Waals surface area (Å²) in [6, 6.07) is 23.9. The third-order valence-electron chi connectivity index (χ3n) is 7.37. The van der Waals surface area contributed by atoms with Gasteiger partial charge in [-0.05, 0) is 81.1 Å². The van der Waals surface area contributed by atoms with E-state index in [0.29, 0.717) is 18.0 Å². The van der Waals surface area contributed by atoms with Crippen LogP contribution in [0.1, 0.15) is 30.4 Å². The van der Waals surface area contributed by atoms with Gasteiger partial charge in [0.1, 0.15) is 12.4 Å². The fourth-order valence-corrected chi connectivity index (χ4v) is 5.24. The molecule has 5 rings (SSSR count). The molecule has 0 aliphatic carbocycles. The number of carbonyl (C=O) groups excluding carboxylic acids is 2. The standard InChI is InChI=1S/C32H34FN3O3/c33-27-12-5-4-11-26(27)22-30-32(38)36(28-13-6-7-14-29(28)39-30)23-31(37)34-17-8-18-35-19-15-25(16-20-35)21-24-9-2-1-3-10-24/h1-7,9-14,22,25H,8,15-21,23H2,(H,34,37)/b30-22+. The Balaban J connectivity index is 1.10. The van der Waals surface area contributed by atoms with Gasteiger partial charge in [-0.3, -0.25) is 14.5 Å². The number of hydrogen-bond acceptors (Lipinski definition) is 4. The molecule has 6 nitrogen and oxygen atoms in total. The van der Waals surface area contributed by atoms with Crippen molar-refractivity contribution in [2.24, 2.45) is 5.92 Å². The molecular formula is C32H34FN3O3. The Morgan fingerprint density at radius 1 is 0.974 bits per heavy atom. The highest BCUT2D eigenvalue weighted by Crippen LogP contribution is 2.35. The monoisotopic (exact) mass is 527 g/mol. The molecule has 3 aromatic carbocycles. The third kappa shape index (κ3) is 6.92. The van der Waals surface area contributed by atoms with E-state index in [-0.39, 0.29) is 23.8 Å². The van der Waals surface area contributed by atoms with Gasteiger partial charge in [-0.1, -0.05) is 60.7 Å². The first kappa shape index (κ1) is 26.6. The zero-order chi connectivity index (χ0) is 27.0. The van der Waals surface area contributed by atoms with Crippen molar-refractivity contribution in [3.05, 3.63) is 102 Å². The summed E-state index contributed by atoms with van der Waals surface area (Å²) in [5.41, 5.74) is 2.17. The highest BCUT2D eigenvalue weighted by atomic mass is 19.1. The topological polar surface area (TPSA) is 61.9 Å². The number of piperidine rings is 1. The van der Waals surface area contributed by atoms with Gasteiger partial charge in [0.15, 0.2) is 11.5 Å². The van der Waals surface area contributed by atoms with Crippen LogP contribution in [0.15, 0.2) is 84.6 Å². The van der Waals surface area contributed by atoms with E-state index in [9.17, 15) is 14.0 Å². The normalized spacial score (nSPS) is 17.1. The predicted molar refractivity (Wildman–Crippen MR) is 151 cm³/mol. The average molecular weight is 528 g/mol. The van der Waals surface area contributed by atoms with E-state index in [4.69, 9.17) is 4.74 Å². The SMILES string of the molecule is O=C(CN1C(=O)/C(=C\c2ccccc2F)Oc2ccccc21)NCCCN1CCC(Cc2ccccc2)CC1. The van der Waals surface area contributed by atoms with Crippen LogP contribution in [0, 0.1) is 11.7 Å². The van der Waals surface area contributed by atoms with Gasteiger partial charge in [0, 0.05) is 12.1 Å². The van der Waals surface area contributed by atoms with Crippen molar-refractivity contribution in [3.63, 3.8) is 0 Å². The Kier molecular flexibility index (Phi) is 8.68. The number of amides is 2. The average Bonchev–Trinajstić information content (AvgIpc) is 2.96. The molecule has 2 aliphatic rings. The zero-order valence-electron chi connectivity index (χ0n) is 22.0. The van der Waals surface area contributed by atoms with Crippen LogP contribution in [0.3, 0.4) is 0 Å². The first-order valence-corrected chi connectivity index (χ1v) is 13.6. The molecule has 39 heavy (non-hydrogen) atoms. The summed E-state index contributed by atoms with van der Waals surface area (Å²) in [4.78, 5) is 29.9. The molecular weight excluding hydrogens is 493 g/mol. The lowest BCUT2D eigenvalue weighted by atomic mass is 9.90. The maximum absolute atomic E-state index is 14.2. The summed E-state index contributed by atoms with van der Waals surface area (Å²) in [5.74, 6) is -0.0256.